The van der Waals surface area contributed by atoms with E-state index in [0.29, 0.717) is 10.8 Å². The fourth-order valence-electron chi connectivity index (χ4n) is 7.93. The van der Waals surface area contributed by atoms with Crippen LogP contribution < -0.4 is 0 Å². The molecule has 0 aromatic rings. The van der Waals surface area contributed by atoms with Crippen molar-refractivity contribution in [2.75, 3.05) is 0 Å². The van der Waals surface area contributed by atoms with E-state index >= 15 is 0 Å². The van der Waals surface area contributed by atoms with Gasteiger partial charge in [0.25, 0.3) is 0 Å². The van der Waals surface area contributed by atoms with Crippen LogP contribution in [0.4, 0.5) is 0 Å². The monoisotopic (exact) mass is 300 g/mol. The van der Waals surface area contributed by atoms with Crippen LogP contribution in [0.5, 0.6) is 0 Å². The highest BCUT2D eigenvalue weighted by Gasteiger charge is 2.58. The van der Waals surface area contributed by atoms with Gasteiger partial charge in [-0.3, -0.25) is 0 Å². The van der Waals surface area contributed by atoms with Crippen LogP contribution in [0.15, 0.2) is 11.1 Å². The molecule has 124 valence electrons. The molecule has 0 aromatic heterocycles. The van der Waals surface area contributed by atoms with Crippen LogP contribution in [-0.4, -0.2) is 0 Å². The van der Waals surface area contributed by atoms with Crippen LogP contribution in [0.1, 0.15) is 91.9 Å². The summed E-state index contributed by atoms with van der Waals surface area (Å²) < 4.78 is 0. The van der Waals surface area contributed by atoms with Crippen molar-refractivity contribution in [1.82, 2.24) is 0 Å². The van der Waals surface area contributed by atoms with Crippen LogP contribution >= 0.6 is 0 Å². The van der Waals surface area contributed by atoms with Gasteiger partial charge in [0.15, 0.2) is 0 Å². The molecule has 0 bridgehead atoms. The summed E-state index contributed by atoms with van der Waals surface area (Å²) in [5.41, 5.74) is 4.77. The molecule has 4 aliphatic rings. The highest BCUT2D eigenvalue weighted by molar-refractivity contribution is 5.27. The van der Waals surface area contributed by atoms with E-state index in [9.17, 15) is 0 Å². The van der Waals surface area contributed by atoms with Crippen LogP contribution in [0.3, 0.4) is 0 Å². The maximum Gasteiger partial charge on any atom is -0.00827 e. The molecule has 4 aliphatic carbocycles. The molecular formula is C22H36. The lowest BCUT2D eigenvalue weighted by Gasteiger charge is -2.60. The van der Waals surface area contributed by atoms with E-state index in [4.69, 9.17) is 0 Å². The first-order chi connectivity index (χ1) is 10.5. The summed E-state index contributed by atoms with van der Waals surface area (Å²) in [6, 6.07) is 0. The first kappa shape index (κ1) is 15.3. The molecule has 4 rings (SSSR count). The quantitative estimate of drug-likeness (QED) is 0.434. The van der Waals surface area contributed by atoms with Gasteiger partial charge in [-0.15, -0.1) is 0 Å². The summed E-state index contributed by atoms with van der Waals surface area (Å²) in [5.74, 6) is 4.18. The molecule has 0 nitrogen and oxygen atoms in total. The second-order valence-corrected chi connectivity index (χ2v) is 9.88. The van der Waals surface area contributed by atoms with E-state index in [1.165, 1.54) is 44.9 Å². The molecule has 0 aromatic carbocycles. The first-order valence-electron chi connectivity index (χ1n) is 10.1. The predicted molar refractivity (Wildman–Crippen MR) is 94.7 cm³/mol. The van der Waals surface area contributed by atoms with Crippen molar-refractivity contribution in [3.8, 4) is 0 Å². The summed E-state index contributed by atoms with van der Waals surface area (Å²) in [4.78, 5) is 0. The van der Waals surface area contributed by atoms with Gasteiger partial charge in [-0.1, -0.05) is 37.8 Å². The lowest BCUT2D eigenvalue weighted by atomic mass is 9.45. The Morgan fingerprint density at radius 3 is 2.45 bits per heavy atom. The summed E-state index contributed by atoms with van der Waals surface area (Å²) in [6.45, 7) is 10.1. The van der Waals surface area contributed by atoms with Gasteiger partial charge in [0.05, 0.1) is 0 Å². The smallest absolute Gasteiger partial charge is 0.00827 e. The normalized spacial score (nSPS) is 51.0. The first-order valence-corrected chi connectivity index (χ1v) is 10.1. The largest absolute Gasteiger partial charge is 0.0767 e. The van der Waals surface area contributed by atoms with Gasteiger partial charge in [0.1, 0.15) is 0 Å². The summed E-state index contributed by atoms with van der Waals surface area (Å²) >= 11 is 0. The average Bonchev–Trinajstić information content (AvgIpc) is 2.84. The number of hydrogen-bond donors (Lipinski definition) is 0. The fraction of sp³-hybridized carbons (Fsp3) is 0.909. The molecule has 0 amide bonds. The Morgan fingerprint density at radius 1 is 0.864 bits per heavy atom. The second-order valence-electron chi connectivity index (χ2n) is 9.88. The maximum absolute atomic E-state index is 2.70. The van der Waals surface area contributed by atoms with Crippen LogP contribution in [0.25, 0.3) is 0 Å². The van der Waals surface area contributed by atoms with Crippen molar-refractivity contribution < 1.29 is 0 Å². The van der Waals surface area contributed by atoms with Crippen LogP contribution in [0.2, 0.25) is 0 Å². The average molecular weight is 301 g/mol. The van der Waals surface area contributed by atoms with Crippen molar-refractivity contribution in [3.05, 3.63) is 11.1 Å². The van der Waals surface area contributed by atoms with E-state index in [-0.39, 0.29) is 0 Å². The zero-order valence-electron chi connectivity index (χ0n) is 15.4. The SMILES string of the molecule is CC(C)=C1CC[C@H]2[C@H]3CC[C@@H]4CCCC[C@]4(C)[C@H]3CC[C@@]12C. The van der Waals surface area contributed by atoms with Gasteiger partial charge in [-0.05, 0) is 99.7 Å². The zero-order valence-corrected chi connectivity index (χ0v) is 15.4. The molecule has 0 heteroatoms. The molecule has 0 spiro atoms. The van der Waals surface area contributed by atoms with E-state index in [2.05, 4.69) is 27.7 Å². The van der Waals surface area contributed by atoms with Gasteiger partial charge < -0.3 is 0 Å². The maximum atomic E-state index is 2.70. The summed E-state index contributed by atoms with van der Waals surface area (Å²) in [6.07, 6.45) is 15.1. The molecule has 0 radical (unpaired) electrons. The van der Waals surface area contributed by atoms with Crippen molar-refractivity contribution in [1.29, 1.82) is 0 Å². The van der Waals surface area contributed by atoms with Gasteiger partial charge in [0.2, 0.25) is 0 Å². The highest BCUT2D eigenvalue weighted by atomic mass is 14.6. The molecule has 6 atom stereocenters. The number of hydrogen-bond acceptors (Lipinski definition) is 0. The Morgan fingerprint density at radius 2 is 1.68 bits per heavy atom. The Kier molecular flexibility index (Phi) is 3.55. The lowest BCUT2D eigenvalue weighted by molar-refractivity contribution is -0.0973. The Labute approximate surface area is 138 Å². The molecule has 0 unspecified atom stereocenters. The predicted octanol–water partition coefficient (Wildman–Crippen LogP) is 6.76. The molecule has 0 heterocycles. The molecule has 0 saturated heterocycles. The summed E-state index contributed by atoms with van der Waals surface area (Å²) in [5, 5.41) is 0. The molecule has 0 aliphatic heterocycles. The molecular weight excluding hydrogens is 264 g/mol. The van der Waals surface area contributed by atoms with Gasteiger partial charge in [-0.25, -0.2) is 0 Å². The second kappa shape index (κ2) is 5.12. The Bertz CT molecular complexity index is 482. The van der Waals surface area contributed by atoms with Crippen molar-refractivity contribution in [3.63, 3.8) is 0 Å². The standard InChI is InChI=1S/C22H36/c1-15(2)18-10-11-19-17-9-8-16-7-5-6-13-21(16,3)20(17)12-14-22(18,19)4/h16-17,19-20H,5-14H2,1-4H3/t16-,17+,19-,20-,21-,22-/m0/s1. The molecule has 22 heavy (non-hydrogen) atoms. The van der Waals surface area contributed by atoms with Gasteiger partial charge in [0, 0.05) is 0 Å². The number of fused-ring (bicyclic) bond motifs is 5. The highest BCUT2D eigenvalue weighted by Crippen LogP contribution is 2.67. The third-order valence-electron chi connectivity index (χ3n) is 8.97. The Balaban J connectivity index is 1.66. The van der Waals surface area contributed by atoms with Crippen LogP contribution in [0, 0.1) is 34.5 Å². The fourth-order valence-corrected chi connectivity index (χ4v) is 7.93. The third kappa shape index (κ3) is 1.94. The minimum atomic E-state index is 0.567. The zero-order chi connectivity index (χ0) is 15.5. The number of allylic oxidation sites excluding steroid dienone is 2. The molecule has 4 fully saturated rings. The van der Waals surface area contributed by atoms with Crippen molar-refractivity contribution in [2.45, 2.75) is 91.9 Å². The molecule has 4 saturated carbocycles. The third-order valence-corrected chi connectivity index (χ3v) is 8.97. The topological polar surface area (TPSA) is 0 Å². The lowest BCUT2D eigenvalue weighted by Crippen LogP contribution is -2.52. The van der Waals surface area contributed by atoms with E-state index in [0.717, 1.165) is 23.7 Å². The van der Waals surface area contributed by atoms with E-state index < -0.39 is 0 Å². The summed E-state index contributed by atoms with van der Waals surface area (Å²) in [7, 11) is 0. The minimum Gasteiger partial charge on any atom is -0.0767 e. The van der Waals surface area contributed by atoms with E-state index in [1.807, 2.05) is 5.57 Å². The van der Waals surface area contributed by atoms with E-state index in [1.54, 1.807) is 24.8 Å². The Hall–Kier alpha value is -0.260. The minimum absolute atomic E-state index is 0.567. The van der Waals surface area contributed by atoms with Gasteiger partial charge in [-0.2, -0.15) is 0 Å². The molecule has 0 N–H and O–H groups in total. The van der Waals surface area contributed by atoms with Crippen molar-refractivity contribution in [2.24, 2.45) is 34.5 Å². The number of rotatable bonds is 0. The van der Waals surface area contributed by atoms with Crippen LogP contribution in [-0.2, 0) is 0 Å². The van der Waals surface area contributed by atoms with Gasteiger partial charge >= 0.3 is 0 Å². The van der Waals surface area contributed by atoms with Crippen molar-refractivity contribution >= 4 is 0 Å².